The number of rotatable bonds is 5. The normalized spacial score (nSPS) is 16.2. The minimum Gasteiger partial charge on any atom is -0.365 e. The van der Waals surface area contributed by atoms with Crippen LogP contribution in [0.3, 0.4) is 0 Å². The van der Waals surface area contributed by atoms with Gasteiger partial charge in [0.15, 0.2) is 0 Å². The molecule has 1 fully saturated rings. The summed E-state index contributed by atoms with van der Waals surface area (Å²) >= 11 is 0. The number of hydrogen-bond donors (Lipinski definition) is 3. The Bertz CT molecular complexity index is 1330. The number of hydrogen-bond acceptors (Lipinski definition) is 6. The Kier molecular flexibility index (Phi) is 4.02. The van der Waals surface area contributed by atoms with Crippen molar-refractivity contribution in [2.24, 2.45) is 5.92 Å². The number of benzene rings is 1. The molecule has 3 N–H and O–H groups in total. The lowest BCUT2D eigenvalue weighted by Gasteiger charge is -2.30. The van der Waals surface area contributed by atoms with Gasteiger partial charge in [-0.15, -0.1) is 0 Å². The summed E-state index contributed by atoms with van der Waals surface area (Å²) in [7, 11) is 1.96. The fourth-order valence-corrected chi connectivity index (χ4v) is 3.99. The monoisotopic (exact) mass is 434 g/mol. The maximum atomic E-state index is 12.8. The molecule has 0 unspecified atom stereocenters. The predicted octanol–water partition coefficient (Wildman–Crippen LogP) is 2.98. The largest absolute Gasteiger partial charge is 0.365 e. The number of aromatic nitrogens is 3. The molecule has 2 aliphatic rings. The van der Waals surface area contributed by atoms with E-state index in [2.05, 4.69) is 25.6 Å². The highest BCUT2D eigenvalue weighted by atomic mass is 16.2. The molecule has 1 aromatic carbocycles. The first kappa shape index (κ1) is 16.8. The highest BCUT2D eigenvalue weighted by molar-refractivity contribution is 6.02. The molecule has 1 aliphatic carbocycles. The first-order chi connectivity index (χ1) is 16.6. The highest BCUT2D eigenvalue weighted by Crippen LogP contribution is 2.39. The Labute approximate surface area is 190 Å². The fourth-order valence-electron chi connectivity index (χ4n) is 3.99. The molecule has 2 aromatic heterocycles. The van der Waals surface area contributed by atoms with Gasteiger partial charge >= 0.3 is 0 Å². The van der Waals surface area contributed by atoms with E-state index < -0.39 is 12.9 Å². The standard InChI is InChI=1S/C23H25N7O2/c1-13-9-15-12-29(3)21-17(5-4-6-19(21)30(15)28-13)26-18-10-20(27-22(31)14-7-8-14)25-11-16(18)23(32)24-2/h4-6,9-11,14H,7-8,12H2,1-3H3,(H,24,32)(H2,25,26,27,31)/i2D3. The Balaban J connectivity index is 1.54. The highest BCUT2D eigenvalue weighted by Gasteiger charge is 2.30. The van der Waals surface area contributed by atoms with Gasteiger partial charge in [0, 0.05) is 36.3 Å². The summed E-state index contributed by atoms with van der Waals surface area (Å²) in [5.74, 6) is -0.670. The third-order valence-corrected chi connectivity index (χ3v) is 5.66. The van der Waals surface area contributed by atoms with Crippen LogP contribution in [-0.2, 0) is 11.3 Å². The van der Waals surface area contributed by atoms with E-state index in [1.807, 2.05) is 48.2 Å². The number of anilines is 4. The molecule has 1 saturated carbocycles. The third kappa shape index (κ3) is 3.55. The van der Waals surface area contributed by atoms with Crippen LogP contribution in [0.25, 0.3) is 5.69 Å². The van der Waals surface area contributed by atoms with E-state index in [0.29, 0.717) is 17.9 Å². The van der Waals surface area contributed by atoms with Crippen LogP contribution in [0.5, 0.6) is 0 Å². The van der Waals surface area contributed by atoms with Crippen LogP contribution >= 0.6 is 0 Å². The zero-order chi connectivity index (χ0) is 24.9. The first-order valence-electron chi connectivity index (χ1n) is 11.9. The van der Waals surface area contributed by atoms with Crippen molar-refractivity contribution in [2.75, 3.05) is 29.6 Å². The van der Waals surface area contributed by atoms with E-state index in [9.17, 15) is 9.59 Å². The molecule has 0 radical (unpaired) electrons. The molecule has 5 rings (SSSR count). The minimum atomic E-state index is -2.66. The molecule has 9 nitrogen and oxygen atoms in total. The smallest absolute Gasteiger partial charge is 0.254 e. The Morgan fingerprint density at radius 2 is 2.06 bits per heavy atom. The van der Waals surface area contributed by atoms with Crippen LogP contribution in [0, 0.1) is 12.8 Å². The average Bonchev–Trinajstić information content (AvgIpc) is 3.55. The van der Waals surface area contributed by atoms with Crippen molar-refractivity contribution >= 4 is 34.7 Å². The first-order valence-corrected chi connectivity index (χ1v) is 10.4. The number of nitrogens with one attached hydrogen (secondary N) is 3. The number of nitrogens with zero attached hydrogens (tertiary/aromatic N) is 4. The van der Waals surface area contributed by atoms with Gasteiger partial charge in [0.2, 0.25) is 5.91 Å². The van der Waals surface area contributed by atoms with E-state index in [0.717, 1.165) is 35.6 Å². The van der Waals surface area contributed by atoms with Gasteiger partial charge in [0.05, 0.1) is 46.2 Å². The second-order valence-electron chi connectivity index (χ2n) is 8.18. The van der Waals surface area contributed by atoms with Crippen molar-refractivity contribution in [3.63, 3.8) is 0 Å². The van der Waals surface area contributed by atoms with Gasteiger partial charge in [0.1, 0.15) is 5.82 Å². The van der Waals surface area contributed by atoms with Gasteiger partial charge < -0.3 is 20.9 Å². The summed E-state index contributed by atoms with van der Waals surface area (Å²) in [6.45, 7) is -0.0803. The zero-order valence-electron chi connectivity index (χ0n) is 20.8. The van der Waals surface area contributed by atoms with E-state index in [4.69, 9.17) is 4.11 Å². The summed E-state index contributed by atoms with van der Waals surface area (Å²) in [6, 6.07) is 9.28. The van der Waals surface area contributed by atoms with Crippen LogP contribution in [0.1, 0.15) is 38.7 Å². The molecule has 2 amide bonds. The SMILES string of the molecule is [2H]C([2H])([2H])NC(=O)c1cnc(NC(=O)C2CC2)cc1Nc1cccc2c1N(C)Cc1cc(C)nn1-2. The lowest BCUT2D eigenvalue weighted by molar-refractivity contribution is -0.117. The molecule has 1 aliphatic heterocycles. The minimum absolute atomic E-state index is 0.0201. The Hall–Kier alpha value is -3.88. The van der Waals surface area contributed by atoms with E-state index in [-0.39, 0.29) is 23.2 Å². The second-order valence-corrected chi connectivity index (χ2v) is 8.18. The van der Waals surface area contributed by atoms with Gasteiger partial charge in [-0.1, -0.05) is 6.07 Å². The molecule has 32 heavy (non-hydrogen) atoms. The van der Waals surface area contributed by atoms with E-state index in [1.54, 1.807) is 6.07 Å². The van der Waals surface area contributed by atoms with Crippen molar-refractivity contribution in [1.29, 1.82) is 0 Å². The van der Waals surface area contributed by atoms with Gasteiger partial charge in [-0.2, -0.15) is 5.10 Å². The zero-order valence-corrected chi connectivity index (χ0v) is 17.8. The van der Waals surface area contributed by atoms with Crippen LogP contribution in [0.2, 0.25) is 0 Å². The molecule has 0 bridgehead atoms. The topological polar surface area (TPSA) is 104 Å². The maximum Gasteiger partial charge on any atom is 0.254 e. The van der Waals surface area contributed by atoms with Crippen molar-refractivity contribution in [1.82, 2.24) is 20.1 Å². The molecule has 0 saturated heterocycles. The van der Waals surface area contributed by atoms with Crippen LogP contribution < -0.4 is 20.9 Å². The van der Waals surface area contributed by atoms with Crippen molar-refractivity contribution in [2.45, 2.75) is 26.3 Å². The summed E-state index contributed by atoms with van der Waals surface area (Å²) in [5, 5.41) is 12.7. The molecular formula is C23H25N7O2. The molecule has 0 spiro atoms. The van der Waals surface area contributed by atoms with Crippen LogP contribution in [0.4, 0.5) is 22.9 Å². The number of fused-ring (bicyclic) bond motifs is 3. The third-order valence-electron chi connectivity index (χ3n) is 5.66. The summed E-state index contributed by atoms with van der Waals surface area (Å²) in [6.07, 6.45) is 2.95. The number of carbonyl (C=O) groups excluding carboxylic acids is 2. The van der Waals surface area contributed by atoms with Gasteiger partial charge in [0.25, 0.3) is 5.91 Å². The summed E-state index contributed by atoms with van der Waals surface area (Å²) in [5.41, 5.74) is 4.75. The lowest BCUT2D eigenvalue weighted by Crippen LogP contribution is -2.26. The number of para-hydroxylation sites is 1. The van der Waals surface area contributed by atoms with Gasteiger partial charge in [-0.05, 0) is 38.0 Å². The predicted molar refractivity (Wildman–Crippen MR) is 123 cm³/mol. The number of carbonyl (C=O) groups is 2. The van der Waals surface area contributed by atoms with Crippen molar-refractivity contribution in [3.05, 3.63) is 53.5 Å². The van der Waals surface area contributed by atoms with Gasteiger partial charge in [-0.3, -0.25) is 9.59 Å². The maximum absolute atomic E-state index is 12.8. The van der Waals surface area contributed by atoms with Crippen LogP contribution in [0.15, 0.2) is 36.5 Å². The number of amides is 2. The molecule has 3 aromatic rings. The average molecular weight is 435 g/mol. The quantitative estimate of drug-likeness (QED) is 0.570. The molecule has 3 heterocycles. The molecule has 9 heteroatoms. The molecule has 0 atom stereocenters. The summed E-state index contributed by atoms with van der Waals surface area (Å²) in [4.78, 5) is 31.3. The summed E-state index contributed by atoms with van der Waals surface area (Å²) < 4.78 is 24.1. The molecular weight excluding hydrogens is 406 g/mol. The van der Waals surface area contributed by atoms with E-state index in [1.165, 1.54) is 6.20 Å². The Morgan fingerprint density at radius 1 is 1.22 bits per heavy atom. The van der Waals surface area contributed by atoms with Gasteiger partial charge in [-0.25, -0.2) is 9.67 Å². The second kappa shape index (κ2) is 7.67. The van der Waals surface area contributed by atoms with Crippen molar-refractivity contribution in [3.8, 4) is 5.69 Å². The lowest BCUT2D eigenvalue weighted by atomic mass is 10.1. The number of pyridine rings is 1. The number of aryl methyl sites for hydroxylation is 1. The van der Waals surface area contributed by atoms with Crippen LogP contribution in [-0.4, -0.2) is 40.6 Å². The molecule has 164 valence electrons. The Morgan fingerprint density at radius 3 is 2.84 bits per heavy atom. The fraction of sp³-hybridized carbons (Fsp3) is 0.304. The van der Waals surface area contributed by atoms with E-state index >= 15 is 0 Å². The van der Waals surface area contributed by atoms with Crippen molar-refractivity contribution < 1.29 is 13.7 Å².